The molecule has 2 aromatic rings. The molecule has 0 spiro atoms. The number of nitrogens with zero attached hydrogens (tertiary/aromatic N) is 1. The lowest BCUT2D eigenvalue weighted by molar-refractivity contribution is -0.401. The Labute approximate surface area is 160 Å². The van der Waals surface area contributed by atoms with Crippen LogP contribution in [0.4, 0.5) is 11.4 Å². The van der Waals surface area contributed by atoms with Crippen molar-refractivity contribution in [2.75, 3.05) is 12.4 Å². The Morgan fingerprint density at radius 3 is 2.44 bits per heavy atom. The second-order valence-electron chi connectivity index (χ2n) is 6.95. The normalized spacial score (nSPS) is 16.3. The van der Waals surface area contributed by atoms with Crippen LogP contribution in [0.1, 0.15) is 19.4 Å². The molecule has 5 nitrogen and oxygen atoms in total. The highest BCUT2D eigenvalue weighted by Crippen LogP contribution is 2.40. The van der Waals surface area contributed by atoms with Crippen molar-refractivity contribution < 1.29 is 17.5 Å². The summed E-state index contributed by atoms with van der Waals surface area (Å²) in [6, 6.07) is 14.6. The van der Waals surface area contributed by atoms with Gasteiger partial charge in [-0.25, -0.2) is 0 Å². The summed E-state index contributed by atoms with van der Waals surface area (Å²) in [5.41, 5.74) is 3.46. The van der Waals surface area contributed by atoms with Crippen molar-refractivity contribution in [1.29, 1.82) is 0 Å². The molecule has 0 aromatic heterocycles. The molecule has 3 rings (SSSR count). The molecule has 0 bridgehead atoms. The van der Waals surface area contributed by atoms with E-state index >= 15 is 0 Å². The summed E-state index contributed by atoms with van der Waals surface area (Å²) in [6.07, 6.45) is 7.73. The molecule has 140 valence electrons. The van der Waals surface area contributed by atoms with E-state index in [1.807, 2.05) is 80.2 Å². The Kier molecular flexibility index (Phi) is 5.04. The number of nitrogens with one attached hydrogen (secondary N) is 1. The van der Waals surface area contributed by atoms with Crippen molar-refractivity contribution in [2.24, 2.45) is 0 Å². The number of benzene rings is 2. The Balaban J connectivity index is 1.82. The average Bonchev–Trinajstić information content (AvgIpc) is 2.81. The summed E-state index contributed by atoms with van der Waals surface area (Å²) in [5.74, 6) is 0. The average molecular weight is 383 g/mol. The highest BCUT2D eigenvalue weighted by molar-refractivity contribution is 7.85. The van der Waals surface area contributed by atoms with Crippen LogP contribution in [0.5, 0.6) is 0 Å². The first-order chi connectivity index (χ1) is 12.7. The van der Waals surface area contributed by atoms with Crippen LogP contribution in [0.3, 0.4) is 0 Å². The highest BCUT2D eigenvalue weighted by Gasteiger charge is 2.43. The predicted molar refractivity (Wildman–Crippen MR) is 108 cm³/mol. The van der Waals surface area contributed by atoms with Crippen LogP contribution in [0.25, 0.3) is 0 Å². The van der Waals surface area contributed by atoms with E-state index in [1.54, 1.807) is 12.1 Å². The van der Waals surface area contributed by atoms with Crippen LogP contribution < -0.4 is 5.32 Å². The molecule has 0 unspecified atom stereocenters. The van der Waals surface area contributed by atoms with Gasteiger partial charge in [0, 0.05) is 29.6 Å². The first kappa shape index (κ1) is 19.1. The van der Waals surface area contributed by atoms with E-state index < -0.39 is 10.1 Å². The van der Waals surface area contributed by atoms with E-state index in [4.69, 9.17) is 0 Å². The standard InChI is InChI=1S/C21H22N2O3S/c1-21(2)18-15-17(27(24,25)26)12-13-19(18)23(3)20(21)11-7-8-14-22-16-9-5-4-6-10-16/h4-15H,1-3H3,(H,24,25,26)/p+1. The van der Waals surface area contributed by atoms with E-state index in [0.717, 1.165) is 22.6 Å². The third kappa shape index (κ3) is 3.86. The minimum atomic E-state index is -4.23. The zero-order valence-corrected chi connectivity index (χ0v) is 16.4. The van der Waals surface area contributed by atoms with Crippen LogP contribution >= 0.6 is 0 Å². The minimum Gasteiger partial charge on any atom is -0.362 e. The fraction of sp³-hybridized carbons (Fsp3) is 0.190. The maximum atomic E-state index is 11.5. The molecule has 1 aliphatic heterocycles. The molecule has 0 radical (unpaired) electrons. The lowest BCUT2D eigenvalue weighted by atomic mass is 9.81. The minimum absolute atomic E-state index is 0.0834. The second-order valence-corrected chi connectivity index (χ2v) is 8.37. The first-order valence-corrected chi connectivity index (χ1v) is 10.0. The molecule has 0 saturated heterocycles. The van der Waals surface area contributed by atoms with Crippen LogP contribution in [0, 0.1) is 0 Å². The fourth-order valence-electron chi connectivity index (χ4n) is 3.36. The second kappa shape index (κ2) is 7.13. The Hall–Kier alpha value is -2.70. The summed E-state index contributed by atoms with van der Waals surface area (Å²) in [5, 5.41) is 3.19. The van der Waals surface area contributed by atoms with Gasteiger partial charge in [-0.1, -0.05) is 24.3 Å². The van der Waals surface area contributed by atoms with Crippen molar-refractivity contribution in [3.8, 4) is 0 Å². The van der Waals surface area contributed by atoms with E-state index in [-0.39, 0.29) is 10.3 Å². The Morgan fingerprint density at radius 2 is 1.78 bits per heavy atom. The number of rotatable bonds is 5. The SMILES string of the molecule is C[N+]1=C(C=CC=CNc2ccccc2)C(C)(C)c2cc(S(=O)(=O)O)ccc21. The lowest BCUT2D eigenvalue weighted by Crippen LogP contribution is -2.26. The van der Waals surface area contributed by atoms with Crippen LogP contribution in [-0.2, 0) is 15.5 Å². The number of fused-ring (bicyclic) bond motifs is 1. The van der Waals surface area contributed by atoms with Gasteiger partial charge in [0.05, 0.1) is 10.3 Å². The number of anilines is 1. The fourth-order valence-corrected chi connectivity index (χ4v) is 3.86. The van der Waals surface area contributed by atoms with Crippen molar-refractivity contribution in [3.05, 3.63) is 78.5 Å². The third-order valence-electron chi connectivity index (χ3n) is 4.79. The molecule has 1 heterocycles. The molecule has 1 aliphatic rings. The van der Waals surface area contributed by atoms with E-state index in [1.165, 1.54) is 6.07 Å². The number of hydrogen-bond acceptors (Lipinski definition) is 3. The summed E-state index contributed by atoms with van der Waals surface area (Å²) in [7, 11) is -2.27. The number of para-hydroxylation sites is 1. The van der Waals surface area contributed by atoms with Gasteiger partial charge in [-0.2, -0.15) is 13.0 Å². The zero-order valence-electron chi connectivity index (χ0n) is 15.5. The topological polar surface area (TPSA) is 69.4 Å². The lowest BCUT2D eigenvalue weighted by Gasteiger charge is -2.15. The molecule has 0 saturated carbocycles. The highest BCUT2D eigenvalue weighted by atomic mass is 32.2. The van der Waals surface area contributed by atoms with Gasteiger partial charge < -0.3 is 5.32 Å². The molecule has 0 atom stereocenters. The smallest absolute Gasteiger partial charge is 0.294 e. The molecule has 0 fully saturated rings. The van der Waals surface area contributed by atoms with E-state index in [9.17, 15) is 13.0 Å². The van der Waals surface area contributed by atoms with Crippen molar-refractivity contribution in [2.45, 2.75) is 24.2 Å². The van der Waals surface area contributed by atoms with E-state index in [0.29, 0.717) is 0 Å². The summed E-state index contributed by atoms with van der Waals surface area (Å²) in [4.78, 5) is -0.0834. The number of hydrogen-bond donors (Lipinski definition) is 2. The molecule has 2 N–H and O–H groups in total. The predicted octanol–water partition coefficient (Wildman–Crippen LogP) is 4.12. The van der Waals surface area contributed by atoms with Gasteiger partial charge in [0.1, 0.15) is 7.05 Å². The van der Waals surface area contributed by atoms with Gasteiger partial charge in [-0.15, -0.1) is 0 Å². The van der Waals surface area contributed by atoms with Crippen molar-refractivity contribution in [1.82, 2.24) is 0 Å². The Bertz CT molecular complexity index is 1050. The first-order valence-electron chi connectivity index (χ1n) is 8.59. The van der Waals surface area contributed by atoms with Crippen molar-refractivity contribution in [3.63, 3.8) is 0 Å². The molecule has 2 aromatic carbocycles. The van der Waals surface area contributed by atoms with Gasteiger partial charge in [0.15, 0.2) is 5.71 Å². The largest absolute Gasteiger partial charge is 0.362 e. The number of allylic oxidation sites excluding steroid dienone is 3. The van der Waals surface area contributed by atoms with Gasteiger partial charge in [-0.05, 0) is 44.2 Å². The van der Waals surface area contributed by atoms with Crippen LogP contribution in [-0.4, -0.2) is 30.3 Å². The maximum Gasteiger partial charge on any atom is 0.294 e. The third-order valence-corrected chi connectivity index (χ3v) is 5.64. The van der Waals surface area contributed by atoms with Gasteiger partial charge >= 0.3 is 0 Å². The zero-order chi connectivity index (χ0) is 19.7. The molecule has 0 aliphatic carbocycles. The van der Waals surface area contributed by atoms with Crippen LogP contribution in [0.15, 0.2) is 77.9 Å². The summed E-state index contributed by atoms with van der Waals surface area (Å²) >= 11 is 0. The van der Waals surface area contributed by atoms with E-state index in [2.05, 4.69) is 5.32 Å². The Morgan fingerprint density at radius 1 is 1.07 bits per heavy atom. The molecule has 6 heteroatoms. The summed E-state index contributed by atoms with van der Waals surface area (Å²) < 4.78 is 34.3. The van der Waals surface area contributed by atoms with Crippen LogP contribution in [0.2, 0.25) is 0 Å². The molecular formula is C21H23N2O3S+. The quantitative estimate of drug-likeness (QED) is 0.463. The van der Waals surface area contributed by atoms with Gasteiger partial charge in [-0.3, -0.25) is 4.55 Å². The molecule has 27 heavy (non-hydrogen) atoms. The van der Waals surface area contributed by atoms with Gasteiger partial charge in [0.25, 0.3) is 10.1 Å². The summed E-state index contributed by atoms with van der Waals surface area (Å²) in [6.45, 7) is 4.07. The maximum absolute atomic E-state index is 11.5. The monoisotopic (exact) mass is 383 g/mol. The van der Waals surface area contributed by atoms with Gasteiger partial charge in [0.2, 0.25) is 5.69 Å². The molecular weight excluding hydrogens is 360 g/mol. The van der Waals surface area contributed by atoms with Crippen molar-refractivity contribution >= 4 is 27.2 Å². The molecule has 0 amide bonds.